The van der Waals surface area contributed by atoms with E-state index in [4.69, 9.17) is 9.72 Å². The van der Waals surface area contributed by atoms with E-state index < -0.39 is 0 Å². The van der Waals surface area contributed by atoms with Crippen molar-refractivity contribution in [2.45, 2.75) is 52.0 Å². The molecule has 0 saturated heterocycles. The molecule has 0 fully saturated rings. The fourth-order valence-corrected chi connectivity index (χ4v) is 4.01. The second kappa shape index (κ2) is 10.3. The molecule has 0 radical (unpaired) electrons. The van der Waals surface area contributed by atoms with E-state index in [-0.39, 0.29) is 0 Å². The van der Waals surface area contributed by atoms with Gasteiger partial charge in [0.15, 0.2) is 0 Å². The predicted octanol–water partition coefficient (Wildman–Crippen LogP) is 6.80. The fourth-order valence-electron chi connectivity index (χ4n) is 4.01. The minimum atomic E-state index is 0.595. The zero-order valence-corrected chi connectivity index (χ0v) is 18.6. The summed E-state index contributed by atoms with van der Waals surface area (Å²) in [4.78, 5) is 4.92. The number of benzene rings is 3. The van der Waals surface area contributed by atoms with Crippen LogP contribution in [-0.4, -0.2) is 16.2 Å². The van der Waals surface area contributed by atoms with E-state index in [9.17, 15) is 0 Å². The summed E-state index contributed by atoms with van der Waals surface area (Å²) in [5, 5.41) is 0. The summed E-state index contributed by atoms with van der Waals surface area (Å²) in [5.41, 5.74) is 5.02. The van der Waals surface area contributed by atoms with Gasteiger partial charge in [0.2, 0.25) is 0 Å². The van der Waals surface area contributed by atoms with Gasteiger partial charge >= 0.3 is 0 Å². The molecule has 1 atom stereocenters. The highest BCUT2D eigenvalue weighted by Crippen LogP contribution is 2.22. The van der Waals surface area contributed by atoms with Gasteiger partial charge in [-0.05, 0) is 60.6 Å². The van der Waals surface area contributed by atoms with Crippen LogP contribution < -0.4 is 4.74 Å². The Labute approximate surface area is 185 Å². The third kappa shape index (κ3) is 5.35. The molecule has 160 valence electrons. The molecule has 0 amide bonds. The van der Waals surface area contributed by atoms with Crippen LogP contribution >= 0.6 is 0 Å². The Kier molecular flexibility index (Phi) is 7.03. The van der Waals surface area contributed by atoms with E-state index in [1.54, 1.807) is 0 Å². The van der Waals surface area contributed by atoms with Gasteiger partial charge in [-0.2, -0.15) is 0 Å². The molecule has 0 aliphatic rings. The molecule has 0 aliphatic carbocycles. The maximum absolute atomic E-state index is 6.02. The van der Waals surface area contributed by atoms with Crippen molar-refractivity contribution in [2.75, 3.05) is 6.61 Å². The lowest BCUT2D eigenvalue weighted by Gasteiger charge is -2.12. The standard InChI is InChI=1S/C28H32N2O/c1-3-22(2)24-15-17-25(18-16-24)31-21-9-20-30-27-13-8-7-12-26(27)29-28(30)19-14-23-10-5-4-6-11-23/h4-8,10-13,15-18,22H,3,9,14,19-21H2,1-2H3. The maximum Gasteiger partial charge on any atom is 0.119 e. The lowest BCUT2D eigenvalue weighted by molar-refractivity contribution is 0.301. The number of hydrogen-bond donors (Lipinski definition) is 0. The van der Waals surface area contributed by atoms with E-state index in [0.717, 1.165) is 49.3 Å². The highest BCUT2D eigenvalue weighted by atomic mass is 16.5. The van der Waals surface area contributed by atoms with Crippen LogP contribution in [0.15, 0.2) is 78.9 Å². The number of aromatic nitrogens is 2. The van der Waals surface area contributed by atoms with Gasteiger partial charge in [-0.3, -0.25) is 0 Å². The van der Waals surface area contributed by atoms with Crippen LogP contribution in [0.5, 0.6) is 5.75 Å². The molecular formula is C28H32N2O. The number of fused-ring (bicyclic) bond motifs is 1. The Balaban J connectivity index is 1.38. The van der Waals surface area contributed by atoms with Crippen molar-refractivity contribution < 1.29 is 4.74 Å². The van der Waals surface area contributed by atoms with Gasteiger partial charge in [0.05, 0.1) is 17.6 Å². The first kappa shape index (κ1) is 21.2. The van der Waals surface area contributed by atoms with E-state index in [1.165, 1.54) is 16.6 Å². The topological polar surface area (TPSA) is 27.1 Å². The van der Waals surface area contributed by atoms with Crippen LogP contribution in [0, 0.1) is 0 Å². The molecule has 0 saturated carbocycles. The zero-order chi connectivity index (χ0) is 21.5. The summed E-state index contributed by atoms with van der Waals surface area (Å²) in [7, 11) is 0. The van der Waals surface area contributed by atoms with Gasteiger partial charge in [0.1, 0.15) is 11.6 Å². The number of imidazole rings is 1. The van der Waals surface area contributed by atoms with Crippen molar-refractivity contribution >= 4 is 11.0 Å². The van der Waals surface area contributed by atoms with Crippen molar-refractivity contribution in [1.29, 1.82) is 0 Å². The molecule has 1 aromatic heterocycles. The van der Waals surface area contributed by atoms with Crippen LogP contribution in [0.3, 0.4) is 0 Å². The lowest BCUT2D eigenvalue weighted by atomic mass is 9.99. The third-order valence-corrected chi connectivity index (χ3v) is 6.07. The van der Waals surface area contributed by atoms with Gasteiger partial charge in [0.25, 0.3) is 0 Å². The maximum atomic E-state index is 6.02. The summed E-state index contributed by atoms with van der Waals surface area (Å²) in [5.74, 6) is 2.70. The van der Waals surface area contributed by atoms with Crippen LogP contribution in [-0.2, 0) is 19.4 Å². The summed E-state index contributed by atoms with van der Waals surface area (Å²) in [6, 6.07) is 27.6. The van der Waals surface area contributed by atoms with Crippen LogP contribution in [0.1, 0.15) is 49.6 Å². The molecule has 3 aromatic carbocycles. The molecule has 0 spiro atoms. The number of para-hydroxylation sites is 2. The first-order valence-electron chi connectivity index (χ1n) is 11.5. The molecular weight excluding hydrogens is 380 g/mol. The average molecular weight is 413 g/mol. The molecule has 3 nitrogen and oxygen atoms in total. The van der Waals surface area contributed by atoms with Gasteiger partial charge in [-0.25, -0.2) is 4.98 Å². The summed E-state index contributed by atoms with van der Waals surface area (Å²) < 4.78 is 8.39. The van der Waals surface area contributed by atoms with Crippen LogP contribution in [0.25, 0.3) is 11.0 Å². The van der Waals surface area contributed by atoms with Gasteiger partial charge in [0, 0.05) is 13.0 Å². The first-order chi connectivity index (χ1) is 15.2. The zero-order valence-electron chi connectivity index (χ0n) is 18.6. The summed E-state index contributed by atoms with van der Waals surface area (Å²) >= 11 is 0. The Bertz CT molecular complexity index is 1080. The molecule has 0 aliphatic heterocycles. The highest BCUT2D eigenvalue weighted by Gasteiger charge is 2.10. The van der Waals surface area contributed by atoms with E-state index in [0.29, 0.717) is 12.5 Å². The number of nitrogens with zero attached hydrogens (tertiary/aromatic N) is 2. The Morgan fingerprint density at radius 1 is 0.871 bits per heavy atom. The van der Waals surface area contributed by atoms with Gasteiger partial charge < -0.3 is 9.30 Å². The molecule has 1 unspecified atom stereocenters. The first-order valence-corrected chi connectivity index (χ1v) is 11.5. The van der Waals surface area contributed by atoms with E-state index in [1.807, 2.05) is 0 Å². The van der Waals surface area contributed by atoms with Crippen LogP contribution in [0.4, 0.5) is 0 Å². The normalized spacial score (nSPS) is 12.2. The van der Waals surface area contributed by atoms with Crippen molar-refractivity contribution in [1.82, 2.24) is 9.55 Å². The lowest BCUT2D eigenvalue weighted by Crippen LogP contribution is -2.09. The van der Waals surface area contributed by atoms with Crippen molar-refractivity contribution in [3.63, 3.8) is 0 Å². The monoisotopic (exact) mass is 412 g/mol. The average Bonchev–Trinajstić information content (AvgIpc) is 3.18. The molecule has 4 aromatic rings. The van der Waals surface area contributed by atoms with Crippen LogP contribution in [0.2, 0.25) is 0 Å². The molecule has 0 N–H and O–H groups in total. The Hall–Kier alpha value is -3.07. The molecule has 0 bridgehead atoms. The molecule has 31 heavy (non-hydrogen) atoms. The quantitative estimate of drug-likeness (QED) is 0.268. The minimum Gasteiger partial charge on any atom is -0.494 e. The smallest absolute Gasteiger partial charge is 0.119 e. The predicted molar refractivity (Wildman–Crippen MR) is 129 cm³/mol. The second-order valence-corrected chi connectivity index (χ2v) is 8.23. The summed E-state index contributed by atoms with van der Waals surface area (Å²) in [6.07, 6.45) is 4.05. The molecule has 3 heteroatoms. The molecule has 1 heterocycles. The van der Waals surface area contributed by atoms with Crippen molar-refractivity contribution in [3.05, 3.63) is 95.8 Å². The van der Waals surface area contributed by atoms with Crippen molar-refractivity contribution in [2.24, 2.45) is 0 Å². The van der Waals surface area contributed by atoms with Gasteiger partial charge in [-0.15, -0.1) is 0 Å². The number of aryl methyl sites for hydroxylation is 3. The summed E-state index contributed by atoms with van der Waals surface area (Å²) in [6.45, 7) is 6.10. The largest absolute Gasteiger partial charge is 0.494 e. The van der Waals surface area contributed by atoms with E-state index >= 15 is 0 Å². The fraction of sp³-hybridized carbons (Fsp3) is 0.321. The number of hydrogen-bond acceptors (Lipinski definition) is 2. The highest BCUT2D eigenvalue weighted by molar-refractivity contribution is 5.75. The van der Waals surface area contributed by atoms with Gasteiger partial charge in [-0.1, -0.05) is 68.4 Å². The minimum absolute atomic E-state index is 0.595. The molecule has 4 rings (SSSR count). The second-order valence-electron chi connectivity index (χ2n) is 8.23. The number of ether oxygens (including phenoxy) is 1. The third-order valence-electron chi connectivity index (χ3n) is 6.07. The van der Waals surface area contributed by atoms with Crippen molar-refractivity contribution in [3.8, 4) is 5.75 Å². The SMILES string of the molecule is CCC(C)c1ccc(OCCCn2c(CCc3ccccc3)nc3ccccc32)cc1. The Morgan fingerprint density at radius 2 is 1.61 bits per heavy atom. The van der Waals surface area contributed by atoms with E-state index in [2.05, 4.69) is 97.3 Å². The number of rotatable bonds is 10. The Morgan fingerprint density at radius 3 is 2.39 bits per heavy atom.